The average molecular weight is 238 g/mol. The van der Waals surface area contributed by atoms with Crippen molar-refractivity contribution in [1.29, 1.82) is 0 Å². The Kier molecular flexibility index (Phi) is 1.95. The van der Waals surface area contributed by atoms with Gasteiger partial charge in [0, 0.05) is 0 Å². The monoisotopic (exact) mass is 238 g/mol. The van der Waals surface area contributed by atoms with Gasteiger partial charge in [-0.05, 0) is 49.4 Å². The van der Waals surface area contributed by atoms with Gasteiger partial charge in [-0.2, -0.15) is 0 Å². The molecule has 0 amide bonds. The van der Waals surface area contributed by atoms with Gasteiger partial charge in [0.2, 0.25) is 0 Å². The average Bonchev–Trinajstić information content (AvgIpc) is 2.08. The normalized spacial score (nSPS) is 56.0. The molecule has 4 rings (SSSR count). The molecule has 96 valence electrons. The Morgan fingerprint density at radius 2 is 1.53 bits per heavy atom. The highest BCUT2D eigenvalue weighted by Crippen LogP contribution is 2.70. The van der Waals surface area contributed by atoms with Gasteiger partial charge < -0.3 is 9.84 Å². The van der Waals surface area contributed by atoms with Gasteiger partial charge in [-0.1, -0.05) is 13.8 Å². The van der Waals surface area contributed by atoms with Crippen molar-refractivity contribution in [3.8, 4) is 0 Å². The molecule has 3 heteroatoms. The molecule has 0 aromatic heterocycles. The van der Waals surface area contributed by atoms with Crippen molar-refractivity contribution < 1.29 is 14.6 Å². The second kappa shape index (κ2) is 2.87. The number of rotatable bonds is 1. The maximum Gasteiger partial charge on any atom is 0.311 e. The fourth-order valence-electron chi connectivity index (χ4n) is 6.07. The van der Waals surface area contributed by atoms with Gasteiger partial charge >= 0.3 is 5.97 Å². The predicted octanol–water partition coefficient (Wildman–Crippen LogP) is 2.27. The Labute approximate surface area is 103 Å². The summed E-state index contributed by atoms with van der Waals surface area (Å²) in [5, 5.41) is 10.7. The van der Waals surface area contributed by atoms with Gasteiger partial charge in [0.15, 0.2) is 0 Å². The standard InChI is InChI=1S/C14H22O3/c1-11-4-12(2)6-13(5-11,10(15)17-3)9-14(16,7-11)8-12/h16H,4-9H2,1-3H3. The lowest BCUT2D eigenvalue weighted by Crippen LogP contribution is -2.64. The van der Waals surface area contributed by atoms with Gasteiger partial charge in [-0.3, -0.25) is 4.79 Å². The molecule has 1 N–H and O–H groups in total. The zero-order chi connectivity index (χ0) is 12.5. The topological polar surface area (TPSA) is 46.5 Å². The third-order valence-corrected chi connectivity index (χ3v) is 5.18. The molecule has 17 heavy (non-hydrogen) atoms. The minimum absolute atomic E-state index is 0.104. The van der Waals surface area contributed by atoms with Gasteiger partial charge in [0.1, 0.15) is 0 Å². The Hall–Kier alpha value is -0.570. The largest absolute Gasteiger partial charge is 0.469 e. The molecule has 0 aromatic rings. The van der Waals surface area contributed by atoms with E-state index in [2.05, 4.69) is 13.8 Å². The molecule has 2 atom stereocenters. The van der Waals surface area contributed by atoms with E-state index in [-0.39, 0.29) is 16.8 Å². The Bertz CT molecular complexity index is 333. The van der Waals surface area contributed by atoms with Crippen LogP contribution in [0, 0.1) is 16.2 Å². The third-order valence-electron chi connectivity index (χ3n) is 5.18. The van der Waals surface area contributed by atoms with E-state index in [1.54, 1.807) is 0 Å². The molecule has 0 heterocycles. The Balaban J connectivity index is 2.07. The van der Waals surface area contributed by atoms with Crippen molar-refractivity contribution >= 4 is 5.97 Å². The zero-order valence-electron chi connectivity index (χ0n) is 11.0. The van der Waals surface area contributed by atoms with Crippen LogP contribution in [-0.4, -0.2) is 23.8 Å². The number of hydrogen-bond acceptors (Lipinski definition) is 3. The molecule has 0 saturated heterocycles. The Morgan fingerprint density at radius 3 is 1.94 bits per heavy atom. The summed E-state index contributed by atoms with van der Waals surface area (Å²) in [5.74, 6) is -0.104. The van der Waals surface area contributed by atoms with Crippen LogP contribution in [0.5, 0.6) is 0 Å². The number of methoxy groups -OCH3 is 1. The lowest BCUT2D eigenvalue weighted by atomic mass is 9.39. The summed E-state index contributed by atoms with van der Waals surface area (Å²) >= 11 is 0. The van der Waals surface area contributed by atoms with Gasteiger partial charge in [0.25, 0.3) is 0 Å². The van der Waals surface area contributed by atoms with Crippen molar-refractivity contribution in [1.82, 2.24) is 0 Å². The minimum Gasteiger partial charge on any atom is -0.469 e. The van der Waals surface area contributed by atoms with Crippen LogP contribution < -0.4 is 0 Å². The number of ether oxygens (including phenoxy) is 1. The molecule has 4 aliphatic carbocycles. The number of hydrogen-bond donors (Lipinski definition) is 1. The van der Waals surface area contributed by atoms with Crippen LogP contribution in [-0.2, 0) is 9.53 Å². The van der Waals surface area contributed by atoms with Gasteiger partial charge in [-0.15, -0.1) is 0 Å². The van der Waals surface area contributed by atoms with Crippen LogP contribution in [0.3, 0.4) is 0 Å². The molecular formula is C14H22O3. The van der Waals surface area contributed by atoms with Crippen LogP contribution in [0.4, 0.5) is 0 Å². The summed E-state index contributed by atoms with van der Waals surface area (Å²) in [6, 6.07) is 0. The maximum absolute atomic E-state index is 12.2. The summed E-state index contributed by atoms with van der Waals surface area (Å²) in [6.07, 6.45) is 5.25. The number of aliphatic hydroxyl groups is 1. The summed E-state index contributed by atoms with van der Waals surface area (Å²) in [6.45, 7) is 4.46. The molecule has 0 aromatic carbocycles. The number of carbonyl (C=O) groups excluding carboxylic acids is 1. The minimum atomic E-state index is -0.633. The highest BCUT2D eigenvalue weighted by atomic mass is 16.5. The fraction of sp³-hybridized carbons (Fsp3) is 0.929. The van der Waals surface area contributed by atoms with Crippen molar-refractivity contribution in [3.63, 3.8) is 0 Å². The van der Waals surface area contributed by atoms with Crippen LogP contribution in [0.25, 0.3) is 0 Å². The van der Waals surface area contributed by atoms with Crippen molar-refractivity contribution in [3.05, 3.63) is 0 Å². The first-order valence-electron chi connectivity index (χ1n) is 6.53. The summed E-state index contributed by atoms with van der Waals surface area (Å²) in [5.41, 5.74) is -0.812. The molecule has 4 saturated carbocycles. The second-order valence-corrected chi connectivity index (χ2v) is 7.68. The maximum atomic E-state index is 12.2. The molecule has 2 unspecified atom stereocenters. The molecule has 0 aliphatic heterocycles. The van der Waals surface area contributed by atoms with E-state index >= 15 is 0 Å². The third kappa shape index (κ3) is 1.48. The molecule has 4 bridgehead atoms. The SMILES string of the molecule is COC(=O)C12CC3(C)CC(C)(CC(O)(C3)C1)C2. The van der Waals surface area contributed by atoms with Crippen molar-refractivity contribution in [2.45, 2.75) is 58.0 Å². The first kappa shape index (κ1) is 11.5. The first-order chi connectivity index (χ1) is 7.72. The van der Waals surface area contributed by atoms with Gasteiger partial charge in [0.05, 0.1) is 18.1 Å². The molecule has 0 spiro atoms. The van der Waals surface area contributed by atoms with Crippen molar-refractivity contribution in [2.75, 3.05) is 7.11 Å². The highest BCUT2D eigenvalue weighted by molar-refractivity contribution is 5.78. The van der Waals surface area contributed by atoms with Crippen LogP contribution in [0.15, 0.2) is 0 Å². The number of carbonyl (C=O) groups is 1. The number of esters is 1. The van der Waals surface area contributed by atoms with E-state index in [0.717, 1.165) is 32.1 Å². The van der Waals surface area contributed by atoms with Gasteiger partial charge in [-0.25, -0.2) is 0 Å². The van der Waals surface area contributed by atoms with Crippen LogP contribution in [0.2, 0.25) is 0 Å². The van der Waals surface area contributed by atoms with E-state index in [9.17, 15) is 9.90 Å². The molecule has 3 nitrogen and oxygen atoms in total. The summed E-state index contributed by atoms with van der Waals surface area (Å²) in [7, 11) is 1.47. The lowest BCUT2D eigenvalue weighted by Gasteiger charge is -2.66. The fourth-order valence-corrected chi connectivity index (χ4v) is 6.07. The van der Waals surface area contributed by atoms with Crippen LogP contribution >= 0.6 is 0 Å². The van der Waals surface area contributed by atoms with E-state index in [1.807, 2.05) is 0 Å². The van der Waals surface area contributed by atoms with E-state index in [4.69, 9.17) is 4.74 Å². The van der Waals surface area contributed by atoms with Crippen LogP contribution in [0.1, 0.15) is 52.4 Å². The Morgan fingerprint density at radius 1 is 1.00 bits per heavy atom. The molecule has 4 fully saturated rings. The summed E-state index contributed by atoms with van der Waals surface area (Å²) < 4.78 is 5.02. The van der Waals surface area contributed by atoms with E-state index < -0.39 is 11.0 Å². The highest BCUT2D eigenvalue weighted by Gasteiger charge is 2.67. The predicted molar refractivity (Wildman–Crippen MR) is 63.3 cm³/mol. The second-order valence-electron chi connectivity index (χ2n) is 7.68. The lowest BCUT2D eigenvalue weighted by molar-refractivity contribution is -0.232. The smallest absolute Gasteiger partial charge is 0.311 e. The van der Waals surface area contributed by atoms with Crippen molar-refractivity contribution in [2.24, 2.45) is 16.2 Å². The van der Waals surface area contributed by atoms with E-state index in [1.165, 1.54) is 7.11 Å². The van der Waals surface area contributed by atoms with E-state index in [0.29, 0.717) is 6.42 Å². The molecule has 4 aliphatic rings. The quantitative estimate of drug-likeness (QED) is 0.713. The first-order valence-corrected chi connectivity index (χ1v) is 6.53. The zero-order valence-corrected chi connectivity index (χ0v) is 11.0. The summed E-state index contributed by atoms with van der Waals surface area (Å²) in [4.78, 5) is 12.2. The molecular weight excluding hydrogens is 216 g/mol. The molecule has 0 radical (unpaired) electrons.